The van der Waals surface area contributed by atoms with Gasteiger partial charge in [0.15, 0.2) is 0 Å². The normalized spacial score (nSPS) is 12.1. The summed E-state index contributed by atoms with van der Waals surface area (Å²) >= 11 is 0. The van der Waals surface area contributed by atoms with Crippen LogP contribution in [0.3, 0.4) is 0 Å². The van der Waals surface area contributed by atoms with E-state index in [0.29, 0.717) is 6.54 Å². The van der Waals surface area contributed by atoms with Crippen LogP contribution in [-0.2, 0) is 4.79 Å². The first-order chi connectivity index (χ1) is 9.72. The van der Waals surface area contributed by atoms with E-state index in [1.54, 1.807) is 10.9 Å². The summed E-state index contributed by atoms with van der Waals surface area (Å²) in [4.78, 5) is 12.2. The van der Waals surface area contributed by atoms with Gasteiger partial charge in [0.05, 0.1) is 11.4 Å². The molecule has 106 valence electrons. The van der Waals surface area contributed by atoms with Crippen molar-refractivity contribution in [1.82, 2.24) is 15.1 Å². The van der Waals surface area contributed by atoms with Crippen molar-refractivity contribution in [2.45, 2.75) is 13.8 Å². The number of amides is 1. The quantitative estimate of drug-likeness (QED) is 0.846. The molecular weight excluding hydrogens is 252 g/mol. The lowest BCUT2D eigenvalue weighted by Crippen LogP contribution is -2.30. The fourth-order valence-corrected chi connectivity index (χ4v) is 1.90. The minimum absolute atomic E-state index is 0.00514. The molecule has 0 bridgehead atoms. The number of anilines is 1. The molecule has 2 aromatic rings. The van der Waals surface area contributed by atoms with E-state index in [1.807, 2.05) is 50.4 Å². The molecule has 1 aromatic heterocycles. The van der Waals surface area contributed by atoms with E-state index in [2.05, 4.69) is 15.7 Å². The third kappa shape index (κ3) is 3.45. The van der Waals surface area contributed by atoms with Crippen molar-refractivity contribution in [2.75, 3.05) is 18.4 Å². The Labute approximate surface area is 119 Å². The molecule has 0 fully saturated rings. The van der Waals surface area contributed by atoms with Gasteiger partial charge >= 0.3 is 0 Å². The van der Waals surface area contributed by atoms with E-state index in [-0.39, 0.29) is 11.8 Å². The number of nitrogens with one attached hydrogen (secondary N) is 2. The fraction of sp³-hybridized carbons (Fsp3) is 0.333. The Morgan fingerprint density at radius 1 is 1.35 bits per heavy atom. The van der Waals surface area contributed by atoms with Gasteiger partial charge in [0.2, 0.25) is 5.91 Å². The second-order valence-corrected chi connectivity index (χ2v) is 4.67. The molecule has 0 saturated carbocycles. The van der Waals surface area contributed by atoms with Gasteiger partial charge in [-0.2, -0.15) is 5.10 Å². The number of rotatable bonds is 6. The average molecular weight is 272 g/mol. The molecule has 2 rings (SSSR count). The van der Waals surface area contributed by atoms with Crippen LogP contribution in [0.4, 0.5) is 5.69 Å². The first kappa shape index (κ1) is 14.3. The number of carbonyl (C=O) groups excluding carboxylic acids is 1. The molecule has 20 heavy (non-hydrogen) atoms. The first-order valence-electron chi connectivity index (χ1n) is 6.83. The molecule has 0 spiro atoms. The molecule has 1 amide bonds. The van der Waals surface area contributed by atoms with E-state index >= 15 is 0 Å². The largest absolute Gasteiger partial charge is 0.324 e. The molecule has 1 unspecified atom stereocenters. The second kappa shape index (κ2) is 6.86. The van der Waals surface area contributed by atoms with Crippen molar-refractivity contribution >= 4 is 11.6 Å². The van der Waals surface area contributed by atoms with E-state index in [1.165, 1.54) is 0 Å². The molecule has 1 aromatic carbocycles. The van der Waals surface area contributed by atoms with Gasteiger partial charge in [0, 0.05) is 24.9 Å². The summed E-state index contributed by atoms with van der Waals surface area (Å²) in [5.74, 6) is -0.0776. The molecular formula is C15H20N4O. The van der Waals surface area contributed by atoms with E-state index in [9.17, 15) is 4.79 Å². The van der Waals surface area contributed by atoms with Crippen molar-refractivity contribution in [3.8, 4) is 5.69 Å². The van der Waals surface area contributed by atoms with E-state index in [4.69, 9.17) is 0 Å². The van der Waals surface area contributed by atoms with E-state index in [0.717, 1.165) is 17.9 Å². The summed E-state index contributed by atoms with van der Waals surface area (Å²) < 4.78 is 1.74. The predicted octanol–water partition coefficient (Wildman–Crippen LogP) is 2.06. The number of hydrogen-bond acceptors (Lipinski definition) is 3. The van der Waals surface area contributed by atoms with Crippen LogP contribution in [0.15, 0.2) is 42.7 Å². The highest BCUT2D eigenvalue weighted by Crippen LogP contribution is 2.19. The molecule has 0 aliphatic rings. The lowest BCUT2D eigenvalue weighted by atomic mass is 10.1. The van der Waals surface area contributed by atoms with Gasteiger partial charge in [0.1, 0.15) is 0 Å². The Morgan fingerprint density at radius 3 is 2.85 bits per heavy atom. The third-order valence-electron chi connectivity index (χ3n) is 3.06. The summed E-state index contributed by atoms with van der Waals surface area (Å²) in [5.41, 5.74) is 1.63. The molecule has 0 aliphatic carbocycles. The highest BCUT2D eigenvalue weighted by atomic mass is 16.1. The van der Waals surface area contributed by atoms with Crippen molar-refractivity contribution < 1.29 is 4.79 Å². The lowest BCUT2D eigenvalue weighted by molar-refractivity contribution is -0.119. The minimum Gasteiger partial charge on any atom is -0.324 e. The summed E-state index contributed by atoms with van der Waals surface area (Å²) in [5, 5.41) is 10.3. The predicted molar refractivity (Wildman–Crippen MR) is 79.9 cm³/mol. The van der Waals surface area contributed by atoms with Gasteiger partial charge in [-0.1, -0.05) is 26.0 Å². The van der Waals surface area contributed by atoms with Gasteiger partial charge in [-0.25, -0.2) is 4.68 Å². The van der Waals surface area contributed by atoms with Crippen LogP contribution >= 0.6 is 0 Å². The number of aromatic nitrogens is 2. The summed E-state index contributed by atoms with van der Waals surface area (Å²) in [6.07, 6.45) is 3.57. The molecule has 5 heteroatoms. The maximum absolute atomic E-state index is 12.2. The number of para-hydroxylation sites is 2. The van der Waals surface area contributed by atoms with Gasteiger partial charge in [-0.3, -0.25) is 4.79 Å². The van der Waals surface area contributed by atoms with Crippen LogP contribution in [-0.4, -0.2) is 28.8 Å². The Kier molecular flexibility index (Phi) is 4.90. The molecule has 1 heterocycles. The van der Waals surface area contributed by atoms with Crippen molar-refractivity contribution in [2.24, 2.45) is 5.92 Å². The Bertz CT molecular complexity index is 551. The van der Waals surface area contributed by atoms with Crippen molar-refractivity contribution in [3.63, 3.8) is 0 Å². The highest BCUT2D eigenvalue weighted by molar-refractivity contribution is 5.94. The number of hydrogen-bond donors (Lipinski definition) is 2. The third-order valence-corrected chi connectivity index (χ3v) is 3.06. The zero-order chi connectivity index (χ0) is 14.4. The summed E-state index contributed by atoms with van der Waals surface area (Å²) in [6.45, 7) is 5.47. The number of carbonyl (C=O) groups is 1. The lowest BCUT2D eigenvalue weighted by Gasteiger charge is -2.15. The molecule has 1 atom stereocenters. The van der Waals surface area contributed by atoms with Crippen LogP contribution in [0.5, 0.6) is 0 Å². The molecule has 2 N–H and O–H groups in total. The topological polar surface area (TPSA) is 59.0 Å². The zero-order valence-electron chi connectivity index (χ0n) is 11.8. The van der Waals surface area contributed by atoms with Gasteiger partial charge in [0.25, 0.3) is 0 Å². The summed E-state index contributed by atoms with van der Waals surface area (Å²) in [6, 6.07) is 9.49. The molecule has 0 radical (unpaired) electrons. The van der Waals surface area contributed by atoms with Crippen LogP contribution in [0.25, 0.3) is 5.69 Å². The van der Waals surface area contributed by atoms with Crippen LogP contribution in [0.1, 0.15) is 13.8 Å². The smallest absolute Gasteiger partial charge is 0.228 e. The van der Waals surface area contributed by atoms with E-state index < -0.39 is 0 Å². The SMILES string of the molecule is CCNCC(C)C(=O)Nc1ccccc1-n1cccn1. The van der Waals surface area contributed by atoms with Gasteiger partial charge < -0.3 is 10.6 Å². The van der Waals surface area contributed by atoms with Crippen molar-refractivity contribution in [3.05, 3.63) is 42.7 Å². The second-order valence-electron chi connectivity index (χ2n) is 4.67. The molecule has 5 nitrogen and oxygen atoms in total. The number of benzene rings is 1. The molecule has 0 saturated heterocycles. The Balaban J connectivity index is 2.12. The standard InChI is InChI=1S/C15H20N4O/c1-3-16-11-12(2)15(20)18-13-7-4-5-8-14(13)19-10-6-9-17-19/h4-10,12,16H,3,11H2,1-2H3,(H,18,20). The average Bonchev–Trinajstić information content (AvgIpc) is 2.99. The highest BCUT2D eigenvalue weighted by Gasteiger charge is 2.14. The monoisotopic (exact) mass is 272 g/mol. The van der Waals surface area contributed by atoms with Crippen LogP contribution in [0.2, 0.25) is 0 Å². The van der Waals surface area contributed by atoms with Gasteiger partial charge in [-0.15, -0.1) is 0 Å². The first-order valence-corrected chi connectivity index (χ1v) is 6.83. The summed E-state index contributed by atoms with van der Waals surface area (Å²) in [7, 11) is 0. The van der Waals surface area contributed by atoms with Crippen molar-refractivity contribution in [1.29, 1.82) is 0 Å². The Morgan fingerprint density at radius 2 is 2.15 bits per heavy atom. The number of nitrogens with zero attached hydrogens (tertiary/aromatic N) is 2. The fourth-order valence-electron chi connectivity index (χ4n) is 1.90. The van der Waals surface area contributed by atoms with Crippen LogP contribution < -0.4 is 10.6 Å². The Hall–Kier alpha value is -2.14. The maximum Gasteiger partial charge on any atom is 0.228 e. The van der Waals surface area contributed by atoms with Gasteiger partial charge in [-0.05, 0) is 24.7 Å². The maximum atomic E-state index is 12.2. The minimum atomic E-state index is -0.0828. The van der Waals surface area contributed by atoms with Crippen LogP contribution in [0, 0.1) is 5.92 Å². The molecule has 0 aliphatic heterocycles. The zero-order valence-corrected chi connectivity index (χ0v) is 11.8.